The maximum Gasteiger partial charge on any atom is 0.336 e. The van der Waals surface area contributed by atoms with Gasteiger partial charge >= 0.3 is 6.01 Å². The topological polar surface area (TPSA) is 118 Å². The van der Waals surface area contributed by atoms with Crippen molar-refractivity contribution >= 4 is 23.2 Å². The number of anilines is 2. The zero-order chi connectivity index (χ0) is 26.5. The molecule has 2 N–H and O–H groups in total. The Bertz CT molecular complexity index is 1250. The van der Waals surface area contributed by atoms with E-state index in [0.717, 1.165) is 74.7 Å². The van der Waals surface area contributed by atoms with Gasteiger partial charge in [-0.2, -0.15) is 4.98 Å². The molecule has 2 aliphatic heterocycles. The van der Waals surface area contributed by atoms with Crippen LogP contribution >= 0.6 is 0 Å². The van der Waals surface area contributed by atoms with Crippen molar-refractivity contribution in [3.8, 4) is 6.01 Å². The van der Waals surface area contributed by atoms with Gasteiger partial charge < -0.3 is 20.3 Å². The summed E-state index contributed by atoms with van der Waals surface area (Å²) in [5.41, 5.74) is 9.71. The van der Waals surface area contributed by atoms with E-state index in [4.69, 9.17) is 15.5 Å². The number of aromatic nitrogens is 5. The van der Waals surface area contributed by atoms with Crippen molar-refractivity contribution in [3.63, 3.8) is 0 Å². The Labute approximate surface area is 224 Å². The van der Waals surface area contributed by atoms with E-state index in [9.17, 15) is 4.79 Å². The number of rotatable bonds is 9. The number of piperazine rings is 1. The second kappa shape index (κ2) is 11.9. The summed E-state index contributed by atoms with van der Waals surface area (Å²) in [6.07, 6.45) is 9.95. The van der Waals surface area contributed by atoms with E-state index in [-0.39, 0.29) is 11.9 Å². The zero-order valence-electron chi connectivity index (χ0n) is 22.6. The molecule has 5 rings (SSSR count). The van der Waals surface area contributed by atoms with Gasteiger partial charge in [0.05, 0.1) is 25.0 Å². The summed E-state index contributed by atoms with van der Waals surface area (Å²) in [5.74, 6) is 1.53. The van der Waals surface area contributed by atoms with Gasteiger partial charge in [0, 0.05) is 38.8 Å². The van der Waals surface area contributed by atoms with Crippen molar-refractivity contribution in [2.45, 2.75) is 52.4 Å². The van der Waals surface area contributed by atoms with E-state index >= 15 is 0 Å². The van der Waals surface area contributed by atoms with Crippen LogP contribution in [0.2, 0.25) is 0 Å². The van der Waals surface area contributed by atoms with Gasteiger partial charge in [-0.1, -0.05) is 25.8 Å². The first-order chi connectivity index (χ1) is 18.5. The van der Waals surface area contributed by atoms with E-state index in [1.54, 1.807) is 10.7 Å². The number of hydrogen-bond acceptors (Lipinski definition) is 9. The predicted molar refractivity (Wildman–Crippen MR) is 146 cm³/mol. The Hall–Kier alpha value is -3.47. The second-order valence-electron chi connectivity index (χ2n) is 10.3. The molecule has 0 saturated carbocycles. The molecule has 0 spiro atoms. The lowest BCUT2D eigenvalue weighted by molar-refractivity contribution is -0.132. The van der Waals surface area contributed by atoms with Crippen molar-refractivity contribution in [1.82, 2.24) is 34.4 Å². The Morgan fingerprint density at radius 3 is 2.58 bits per heavy atom. The Balaban J connectivity index is 1.21. The Morgan fingerprint density at radius 2 is 1.84 bits per heavy atom. The van der Waals surface area contributed by atoms with Gasteiger partial charge in [0.25, 0.3) is 0 Å². The number of nitrogen functional groups attached to an aromatic ring is 1. The number of aryl methyl sites for hydroxylation is 1. The molecular formula is C27H39N9O2. The number of pyridine rings is 1. The summed E-state index contributed by atoms with van der Waals surface area (Å²) in [4.78, 5) is 32.8. The number of unbranched alkanes of at least 4 members (excludes halogenated alkanes) is 1. The monoisotopic (exact) mass is 521 g/mol. The minimum absolute atomic E-state index is 0.253. The minimum atomic E-state index is 0.253. The Kier molecular flexibility index (Phi) is 8.21. The van der Waals surface area contributed by atoms with Gasteiger partial charge in [-0.3, -0.25) is 9.69 Å². The normalized spacial score (nSPS) is 16.8. The number of imidazole rings is 1. The van der Waals surface area contributed by atoms with Crippen LogP contribution in [0.25, 0.3) is 5.65 Å². The molecule has 5 heterocycles. The van der Waals surface area contributed by atoms with E-state index in [2.05, 4.69) is 44.8 Å². The van der Waals surface area contributed by atoms with Crippen LogP contribution in [0.4, 0.5) is 11.6 Å². The SMILES string of the molecule is CCCCOc1nc(N)c2ncc(Cc3cnc(N4CCN(C(=O)CN5CCCCC5)CC4)c(C)c3)n2n1. The van der Waals surface area contributed by atoms with Crippen LogP contribution < -0.4 is 15.4 Å². The lowest BCUT2D eigenvalue weighted by Crippen LogP contribution is -2.52. The summed E-state index contributed by atoms with van der Waals surface area (Å²) < 4.78 is 7.39. The van der Waals surface area contributed by atoms with E-state index in [1.165, 1.54) is 19.3 Å². The van der Waals surface area contributed by atoms with Crippen LogP contribution in [0, 0.1) is 6.92 Å². The molecule has 1 amide bonds. The molecule has 2 fully saturated rings. The number of piperidine rings is 1. The standard InChI is InChI=1S/C27H39N9O2/c1-3-4-14-38-27-31-24(28)26-30-18-22(36(26)32-27)16-21-15-20(2)25(29-17-21)35-12-10-34(11-13-35)23(37)19-33-8-6-5-7-9-33/h15,17-18H,3-14,16,19H2,1-2H3,(H2,28,31,32). The van der Waals surface area contributed by atoms with E-state index < -0.39 is 0 Å². The van der Waals surface area contributed by atoms with Crippen molar-refractivity contribution < 1.29 is 9.53 Å². The molecule has 3 aromatic rings. The number of carbonyl (C=O) groups is 1. The molecule has 2 aliphatic rings. The lowest BCUT2D eigenvalue weighted by atomic mass is 10.1. The fourth-order valence-corrected chi connectivity index (χ4v) is 5.26. The number of likely N-dealkylation sites (tertiary alicyclic amines) is 1. The molecule has 0 bridgehead atoms. The van der Waals surface area contributed by atoms with Crippen molar-refractivity contribution in [2.75, 3.05) is 63.1 Å². The smallest absolute Gasteiger partial charge is 0.336 e. The molecule has 0 radical (unpaired) electrons. The third-order valence-electron chi connectivity index (χ3n) is 7.40. The van der Waals surface area contributed by atoms with Crippen LogP contribution in [0.15, 0.2) is 18.5 Å². The number of fused-ring (bicyclic) bond motifs is 1. The van der Waals surface area contributed by atoms with E-state index in [1.807, 2.05) is 11.1 Å². The first-order valence-electron chi connectivity index (χ1n) is 13.9. The summed E-state index contributed by atoms with van der Waals surface area (Å²) in [7, 11) is 0. The highest BCUT2D eigenvalue weighted by Gasteiger charge is 2.25. The fraction of sp³-hybridized carbons (Fsp3) is 0.593. The number of carbonyl (C=O) groups excluding carboxylic acids is 1. The van der Waals surface area contributed by atoms with Gasteiger partial charge in [0.15, 0.2) is 11.5 Å². The number of hydrogen-bond donors (Lipinski definition) is 1. The quantitative estimate of drug-likeness (QED) is 0.423. The predicted octanol–water partition coefficient (Wildman–Crippen LogP) is 2.31. The van der Waals surface area contributed by atoms with Gasteiger partial charge in [0.1, 0.15) is 5.82 Å². The van der Waals surface area contributed by atoms with Crippen LogP contribution in [-0.2, 0) is 11.2 Å². The van der Waals surface area contributed by atoms with Gasteiger partial charge in [-0.05, 0) is 50.4 Å². The molecule has 0 atom stereocenters. The number of ether oxygens (including phenoxy) is 1. The summed E-state index contributed by atoms with van der Waals surface area (Å²) in [6, 6.07) is 2.43. The zero-order valence-corrected chi connectivity index (χ0v) is 22.6. The van der Waals surface area contributed by atoms with Crippen LogP contribution in [0.1, 0.15) is 55.8 Å². The molecule has 0 aliphatic carbocycles. The summed E-state index contributed by atoms with van der Waals surface area (Å²) >= 11 is 0. The summed E-state index contributed by atoms with van der Waals surface area (Å²) in [6.45, 7) is 10.5. The molecule has 0 aromatic carbocycles. The molecule has 3 aromatic heterocycles. The maximum absolute atomic E-state index is 12.8. The number of nitrogens with two attached hydrogens (primary N) is 1. The lowest BCUT2D eigenvalue weighted by Gasteiger charge is -2.37. The number of nitrogens with zero attached hydrogens (tertiary/aromatic N) is 8. The van der Waals surface area contributed by atoms with Gasteiger partial charge in [0.2, 0.25) is 5.91 Å². The molecule has 11 heteroatoms. The van der Waals surface area contributed by atoms with Gasteiger partial charge in [-0.15, -0.1) is 5.10 Å². The summed E-state index contributed by atoms with van der Waals surface area (Å²) in [5, 5.41) is 4.51. The minimum Gasteiger partial charge on any atom is -0.462 e. The van der Waals surface area contributed by atoms with Crippen molar-refractivity contribution in [2.24, 2.45) is 0 Å². The number of amides is 1. The second-order valence-corrected chi connectivity index (χ2v) is 10.3. The fourth-order valence-electron chi connectivity index (χ4n) is 5.26. The highest BCUT2D eigenvalue weighted by molar-refractivity contribution is 5.78. The molecule has 2 saturated heterocycles. The maximum atomic E-state index is 12.8. The molecule has 11 nitrogen and oxygen atoms in total. The molecule has 0 unspecified atom stereocenters. The molecule has 38 heavy (non-hydrogen) atoms. The third kappa shape index (κ3) is 5.98. The Morgan fingerprint density at radius 1 is 1.05 bits per heavy atom. The third-order valence-corrected chi connectivity index (χ3v) is 7.40. The first-order valence-corrected chi connectivity index (χ1v) is 13.9. The average molecular weight is 522 g/mol. The van der Waals surface area contributed by atoms with E-state index in [0.29, 0.717) is 31.0 Å². The van der Waals surface area contributed by atoms with Crippen molar-refractivity contribution in [3.05, 3.63) is 35.3 Å². The van der Waals surface area contributed by atoms with Crippen molar-refractivity contribution in [1.29, 1.82) is 0 Å². The highest BCUT2D eigenvalue weighted by atomic mass is 16.5. The van der Waals surface area contributed by atoms with Crippen LogP contribution in [0.5, 0.6) is 6.01 Å². The largest absolute Gasteiger partial charge is 0.462 e. The van der Waals surface area contributed by atoms with Gasteiger partial charge in [-0.25, -0.2) is 14.5 Å². The molecular weight excluding hydrogens is 482 g/mol. The highest BCUT2D eigenvalue weighted by Crippen LogP contribution is 2.22. The van der Waals surface area contributed by atoms with Crippen LogP contribution in [0.3, 0.4) is 0 Å². The first kappa shape index (κ1) is 26.1. The average Bonchev–Trinajstić information content (AvgIpc) is 3.32. The van der Waals surface area contributed by atoms with Crippen LogP contribution in [-0.4, -0.2) is 92.7 Å². The molecule has 204 valence electrons.